The Morgan fingerprint density at radius 3 is 2.29 bits per heavy atom. The predicted molar refractivity (Wildman–Crippen MR) is 150 cm³/mol. The van der Waals surface area contributed by atoms with Gasteiger partial charge in [0.05, 0.1) is 34.5 Å². The first-order chi connectivity index (χ1) is 18.7. The number of morpholine rings is 1. The fourth-order valence-corrected chi connectivity index (χ4v) is 5.41. The molecule has 1 unspecified atom stereocenters. The summed E-state index contributed by atoms with van der Waals surface area (Å²) in [5.41, 5.74) is 5.33. The summed E-state index contributed by atoms with van der Waals surface area (Å²) in [5, 5.41) is 2.35. The predicted octanol–water partition coefficient (Wildman–Crippen LogP) is 6.27. The molecule has 6 nitrogen and oxygen atoms in total. The highest BCUT2D eigenvalue weighted by Gasteiger charge is 2.29. The van der Waals surface area contributed by atoms with Crippen molar-refractivity contribution in [1.82, 2.24) is 0 Å². The Morgan fingerprint density at radius 1 is 0.763 bits per heavy atom. The van der Waals surface area contributed by atoms with Crippen LogP contribution in [0.1, 0.15) is 22.8 Å². The van der Waals surface area contributed by atoms with Crippen LogP contribution in [0.25, 0.3) is 16.3 Å². The second kappa shape index (κ2) is 10.3. The molecule has 0 bridgehead atoms. The average molecular weight is 510 g/mol. The monoisotopic (exact) mass is 509 g/mol. The molecule has 2 aliphatic heterocycles. The van der Waals surface area contributed by atoms with Gasteiger partial charge in [-0.1, -0.05) is 36.4 Å². The van der Waals surface area contributed by atoms with Crippen LogP contribution in [0.4, 0.5) is 5.69 Å². The van der Waals surface area contributed by atoms with Gasteiger partial charge in [-0.05, 0) is 46.9 Å². The molecule has 38 heavy (non-hydrogen) atoms. The van der Waals surface area contributed by atoms with Gasteiger partial charge in [0, 0.05) is 47.4 Å². The van der Waals surface area contributed by atoms with Crippen molar-refractivity contribution in [3.8, 4) is 23.0 Å². The molecule has 194 valence electrons. The first-order valence-electron chi connectivity index (χ1n) is 12.8. The molecule has 2 aliphatic rings. The molecule has 0 radical (unpaired) electrons. The molecular weight excluding hydrogens is 478 g/mol. The van der Waals surface area contributed by atoms with Gasteiger partial charge in [-0.25, -0.2) is 0 Å². The third kappa shape index (κ3) is 4.31. The fourth-order valence-electron chi connectivity index (χ4n) is 5.41. The minimum atomic E-state index is -0.358. The zero-order valence-corrected chi connectivity index (χ0v) is 21.9. The van der Waals surface area contributed by atoms with Gasteiger partial charge in [-0.3, -0.25) is 0 Å². The largest absolute Gasteiger partial charge is 0.497 e. The van der Waals surface area contributed by atoms with E-state index in [0.29, 0.717) is 19.0 Å². The summed E-state index contributed by atoms with van der Waals surface area (Å²) in [6.45, 7) is 3.12. The second-order valence-electron chi connectivity index (χ2n) is 9.37. The Morgan fingerprint density at radius 2 is 1.53 bits per heavy atom. The van der Waals surface area contributed by atoms with Crippen molar-refractivity contribution in [3.05, 3.63) is 95.6 Å². The molecule has 4 aromatic carbocycles. The average Bonchev–Trinajstić information content (AvgIpc) is 3.00. The third-order valence-corrected chi connectivity index (χ3v) is 7.31. The van der Waals surface area contributed by atoms with Crippen LogP contribution in [0.2, 0.25) is 0 Å². The maximum absolute atomic E-state index is 6.80. The number of rotatable bonds is 6. The Labute approximate surface area is 223 Å². The van der Waals surface area contributed by atoms with Gasteiger partial charge < -0.3 is 28.6 Å². The molecule has 0 aromatic heterocycles. The van der Waals surface area contributed by atoms with Crippen molar-refractivity contribution in [3.63, 3.8) is 0 Å². The van der Waals surface area contributed by atoms with E-state index in [1.165, 1.54) is 5.39 Å². The zero-order chi connectivity index (χ0) is 26.1. The van der Waals surface area contributed by atoms with Gasteiger partial charge in [0.1, 0.15) is 29.1 Å². The van der Waals surface area contributed by atoms with Gasteiger partial charge >= 0.3 is 0 Å². The Balaban J connectivity index is 1.58. The van der Waals surface area contributed by atoms with Crippen LogP contribution in [-0.4, -0.2) is 47.6 Å². The van der Waals surface area contributed by atoms with Gasteiger partial charge in [-0.15, -0.1) is 0 Å². The maximum Gasteiger partial charge on any atom is 0.146 e. The first kappa shape index (κ1) is 24.2. The van der Waals surface area contributed by atoms with Crippen molar-refractivity contribution >= 4 is 22.0 Å². The quantitative estimate of drug-likeness (QED) is 0.305. The smallest absolute Gasteiger partial charge is 0.146 e. The van der Waals surface area contributed by atoms with E-state index >= 15 is 0 Å². The van der Waals surface area contributed by atoms with Crippen LogP contribution >= 0.6 is 0 Å². The molecule has 0 amide bonds. The van der Waals surface area contributed by atoms with Crippen LogP contribution in [-0.2, 0) is 4.74 Å². The van der Waals surface area contributed by atoms with E-state index in [1.54, 1.807) is 21.3 Å². The van der Waals surface area contributed by atoms with Gasteiger partial charge in [-0.2, -0.15) is 0 Å². The number of hydrogen-bond donors (Lipinski definition) is 0. The Bertz CT molecular complexity index is 1510. The van der Waals surface area contributed by atoms with E-state index in [4.69, 9.17) is 23.7 Å². The lowest BCUT2D eigenvalue weighted by Gasteiger charge is -2.33. The number of methoxy groups -OCH3 is 3. The van der Waals surface area contributed by atoms with Crippen LogP contribution in [0.15, 0.2) is 78.9 Å². The van der Waals surface area contributed by atoms with E-state index in [2.05, 4.69) is 53.4 Å². The Kier molecular flexibility index (Phi) is 6.56. The van der Waals surface area contributed by atoms with Crippen LogP contribution in [0.3, 0.4) is 0 Å². The van der Waals surface area contributed by atoms with Gasteiger partial charge in [0.25, 0.3) is 0 Å². The van der Waals surface area contributed by atoms with Crippen molar-refractivity contribution < 1.29 is 23.7 Å². The lowest BCUT2D eigenvalue weighted by atomic mass is 9.87. The maximum atomic E-state index is 6.80. The molecule has 6 rings (SSSR count). The van der Waals surface area contributed by atoms with E-state index in [0.717, 1.165) is 63.7 Å². The SMILES string of the molecule is COc1cccc(C2=CC(c3ccc(OC)cc3OC)Oc3cc(N4CCOCC4)c4ccccc4c32)c1. The number of benzene rings is 4. The van der Waals surface area contributed by atoms with Gasteiger partial charge in [0.2, 0.25) is 0 Å². The minimum absolute atomic E-state index is 0.358. The van der Waals surface area contributed by atoms with Crippen molar-refractivity contribution in [2.24, 2.45) is 0 Å². The molecule has 1 atom stereocenters. The lowest BCUT2D eigenvalue weighted by molar-refractivity contribution is 0.123. The summed E-state index contributed by atoms with van der Waals surface area (Å²) >= 11 is 0. The minimum Gasteiger partial charge on any atom is -0.497 e. The molecule has 4 aromatic rings. The van der Waals surface area contributed by atoms with Crippen molar-refractivity contribution in [2.75, 3.05) is 52.5 Å². The fraction of sp³-hybridized carbons (Fsp3) is 0.250. The van der Waals surface area contributed by atoms with E-state index in [1.807, 2.05) is 30.3 Å². The van der Waals surface area contributed by atoms with Gasteiger partial charge in [0.15, 0.2) is 0 Å². The van der Waals surface area contributed by atoms with Crippen LogP contribution in [0.5, 0.6) is 23.0 Å². The summed E-state index contributed by atoms with van der Waals surface area (Å²) < 4.78 is 29.2. The summed E-state index contributed by atoms with van der Waals surface area (Å²) in [4.78, 5) is 2.39. The number of anilines is 1. The molecular formula is C32H31NO5. The van der Waals surface area contributed by atoms with Crippen LogP contribution in [0, 0.1) is 0 Å². The third-order valence-electron chi connectivity index (χ3n) is 7.31. The normalized spacial score (nSPS) is 16.9. The molecule has 1 saturated heterocycles. The topological polar surface area (TPSA) is 49.4 Å². The first-order valence-corrected chi connectivity index (χ1v) is 12.8. The standard InChI is InChI=1S/C32H31NO5/c1-34-22-8-6-7-21(17-22)27-19-30(26-12-11-23(35-2)18-29(26)36-3)38-31-20-28(33-13-15-37-16-14-33)24-9-4-5-10-25(24)32(27)31/h4-12,17-20,30H,13-16H2,1-3H3. The van der Waals surface area contributed by atoms with Crippen LogP contribution < -0.4 is 23.8 Å². The lowest BCUT2D eigenvalue weighted by Crippen LogP contribution is -2.36. The summed E-state index contributed by atoms with van der Waals surface area (Å²) in [5.74, 6) is 3.10. The zero-order valence-electron chi connectivity index (χ0n) is 21.9. The number of hydrogen-bond acceptors (Lipinski definition) is 6. The number of fused-ring (bicyclic) bond motifs is 3. The summed E-state index contributed by atoms with van der Waals surface area (Å²) in [7, 11) is 5.02. The van der Waals surface area contributed by atoms with Crippen molar-refractivity contribution in [2.45, 2.75) is 6.10 Å². The molecule has 0 aliphatic carbocycles. The molecule has 6 heteroatoms. The Hall–Kier alpha value is -4.16. The van der Waals surface area contributed by atoms with E-state index < -0.39 is 0 Å². The highest BCUT2D eigenvalue weighted by Crippen LogP contribution is 2.48. The summed E-state index contributed by atoms with van der Waals surface area (Å²) in [6.07, 6.45) is 1.82. The number of nitrogens with zero attached hydrogens (tertiary/aromatic N) is 1. The molecule has 0 N–H and O–H groups in total. The highest BCUT2D eigenvalue weighted by molar-refractivity contribution is 6.06. The molecule has 2 heterocycles. The summed E-state index contributed by atoms with van der Waals surface area (Å²) in [6, 6.07) is 24.8. The number of ether oxygens (including phenoxy) is 5. The highest BCUT2D eigenvalue weighted by atomic mass is 16.5. The molecule has 1 fully saturated rings. The molecule has 0 spiro atoms. The van der Waals surface area contributed by atoms with E-state index in [9.17, 15) is 0 Å². The second-order valence-corrected chi connectivity index (χ2v) is 9.37. The van der Waals surface area contributed by atoms with E-state index in [-0.39, 0.29) is 6.10 Å². The van der Waals surface area contributed by atoms with Crippen molar-refractivity contribution in [1.29, 1.82) is 0 Å². The molecule has 0 saturated carbocycles.